The Morgan fingerprint density at radius 1 is 1.38 bits per heavy atom. The summed E-state index contributed by atoms with van der Waals surface area (Å²) in [5, 5.41) is 3.34. The molecule has 0 aromatic heterocycles. The van der Waals surface area contributed by atoms with Crippen LogP contribution in [0.25, 0.3) is 0 Å². The van der Waals surface area contributed by atoms with E-state index in [1.165, 1.54) is 18.4 Å². The van der Waals surface area contributed by atoms with Gasteiger partial charge in [-0.3, -0.25) is 0 Å². The molecule has 1 saturated heterocycles. The van der Waals surface area contributed by atoms with Gasteiger partial charge in [0.2, 0.25) is 0 Å². The Labute approximate surface area is 135 Å². The monoisotopic (exact) mass is 357 g/mol. The molecule has 1 unspecified atom stereocenters. The fourth-order valence-electron chi connectivity index (χ4n) is 2.35. The molecule has 4 nitrogen and oxygen atoms in total. The maximum Gasteiger partial charge on any atom is 0.119 e. The van der Waals surface area contributed by atoms with Gasteiger partial charge in [0.05, 0.1) is 19.3 Å². The van der Waals surface area contributed by atoms with E-state index in [9.17, 15) is 0 Å². The molecule has 21 heavy (non-hydrogen) atoms. The standard InChI is InChI=1S/C16H24BrNO3/c1-19-10-7-18-12-13-11-15(4-5-16(13)17)21-9-6-14-3-2-8-20-14/h4-5,11,14,18H,2-3,6-10,12H2,1H3. The molecule has 1 aliphatic rings. The summed E-state index contributed by atoms with van der Waals surface area (Å²) in [7, 11) is 1.71. The van der Waals surface area contributed by atoms with Crippen LogP contribution in [-0.4, -0.2) is 39.6 Å². The van der Waals surface area contributed by atoms with Crippen LogP contribution in [-0.2, 0) is 16.0 Å². The number of nitrogens with one attached hydrogen (secondary N) is 1. The van der Waals surface area contributed by atoms with Gasteiger partial charge in [0, 0.05) is 37.7 Å². The molecule has 0 bridgehead atoms. The molecule has 2 rings (SSSR count). The van der Waals surface area contributed by atoms with Gasteiger partial charge in [-0.2, -0.15) is 0 Å². The van der Waals surface area contributed by atoms with Crippen molar-refractivity contribution in [1.82, 2.24) is 5.32 Å². The maximum absolute atomic E-state index is 5.84. The molecule has 0 amide bonds. The first-order valence-corrected chi connectivity index (χ1v) is 8.31. The Kier molecular flexibility index (Phi) is 7.50. The maximum atomic E-state index is 5.84. The van der Waals surface area contributed by atoms with Gasteiger partial charge in [-0.1, -0.05) is 15.9 Å². The number of hydrogen-bond donors (Lipinski definition) is 1. The van der Waals surface area contributed by atoms with Crippen molar-refractivity contribution in [2.45, 2.75) is 31.9 Å². The van der Waals surface area contributed by atoms with Gasteiger partial charge in [0.25, 0.3) is 0 Å². The Balaban J connectivity index is 1.76. The predicted molar refractivity (Wildman–Crippen MR) is 86.8 cm³/mol. The molecule has 0 saturated carbocycles. The fraction of sp³-hybridized carbons (Fsp3) is 0.625. The van der Waals surface area contributed by atoms with Crippen molar-refractivity contribution in [2.24, 2.45) is 0 Å². The van der Waals surface area contributed by atoms with Crippen LogP contribution in [0, 0.1) is 0 Å². The van der Waals surface area contributed by atoms with Crippen LogP contribution in [0.2, 0.25) is 0 Å². The van der Waals surface area contributed by atoms with Crippen LogP contribution < -0.4 is 10.1 Å². The van der Waals surface area contributed by atoms with Crippen molar-refractivity contribution in [1.29, 1.82) is 0 Å². The molecular formula is C16H24BrNO3. The summed E-state index contributed by atoms with van der Waals surface area (Å²) in [6, 6.07) is 6.12. The summed E-state index contributed by atoms with van der Waals surface area (Å²) in [6.45, 7) is 3.97. The topological polar surface area (TPSA) is 39.7 Å². The minimum absolute atomic E-state index is 0.385. The first kappa shape index (κ1) is 16.7. The molecule has 1 heterocycles. The summed E-state index contributed by atoms with van der Waals surface area (Å²) in [5.74, 6) is 0.916. The van der Waals surface area contributed by atoms with Crippen LogP contribution in [0.3, 0.4) is 0 Å². The van der Waals surface area contributed by atoms with E-state index in [1.807, 2.05) is 12.1 Å². The van der Waals surface area contributed by atoms with Crippen LogP contribution in [0.5, 0.6) is 5.75 Å². The molecule has 1 fully saturated rings. The Morgan fingerprint density at radius 2 is 2.29 bits per heavy atom. The molecule has 118 valence electrons. The number of methoxy groups -OCH3 is 1. The van der Waals surface area contributed by atoms with Crippen molar-refractivity contribution in [3.63, 3.8) is 0 Å². The Bertz CT molecular complexity index is 422. The van der Waals surface area contributed by atoms with E-state index in [0.717, 1.165) is 42.9 Å². The molecule has 0 aliphatic carbocycles. The second-order valence-electron chi connectivity index (χ2n) is 5.19. The third kappa shape index (κ3) is 5.94. The molecule has 0 spiro atoms. The van der Waals surface area contributed by atoms with Crippen LogP contribution in [0.4, 0.5) is 0 Å². The zero-order chi connectivity index (χ0) is 14.9. The van der Waals surface area contributed by atoms with Crippen molar-refractivity contribution < 1.29 is 14.2 Å². The predicted octanol–water partition coefficient (Wildman–Crippen LogP) is 3.13. The average Bonchev–Trinajstić information content (AvgIpc) is 3.00. The first-order valence-electron chi connectivity index (χ1n) is 7.52. The van der Waals surface area contributed by atoms with E-state index < -0.39 is 0 Å². The molecule has 1 aromatic rings. The zero-order valence-electron chi connectivity index (χ0n) is 12.6. The number of benzene rings is 1. The lowest BCUT2D eigenvalue weighted by Gasteiger charge is -2.12. The Hall–Kier alpha value is -0.620. The number of rotatable bonds is 9. The van der Waals surface area contributed by atoms with Gasteiger partial charge in [-0.05, 0) is 36.6 Å². The number of halogens is 1. The Morgan fingerprint density at radius 3 is 3.05 bits per heavy atom. The van der Waals surface area contributed by atoms with Gasteiger partial charge < -0.3 is 19.5 Å². The smallest absolute Gasteiger partial charge is 0.119 e. The van der Waals surface area contributed by atoms with Gasteiger partial charge >= 0.3 is 0 Å². The molecular weight excluding hydrogens is 334 g/mol. The quantitative estimate of drug-likeness (QED) is 0.689. The third-order valence-electron chi connectivity index (χ3n) is 3.55. The summed E-state index contributed by atoms with van der Waals surface area (Å²) in [5.41, 5.74) is 1.20. The minimum Gasteiger partial charge on any atom is -0.493 e. The van der Waals surface area contributed by atoms with Crippen molar-refractivity contribution in [3.05, 3.63) is 28.2 Å². The fourth-order valence-corrected chi connectivity index (χ4v) is 2.74. The lowest BCUT2D eigenvalue weighted by atomic mass is 10.2. The molecule has 0 radical (unpaired) electrons. The van der Waals surface area contributed by atoms with Crippen molar-refractivity contribution >= 4 is 15.9 Å². The third-order valence-corrected chi connectivity index (χ3v) is 4.32. The lowest BCUT2D eigenvalue weighted by molar-refractivity contribution is 0.0903. The van der Waals surface area contributed by atoms with E-state index in [1.54, 1.807) is 7.11 Å². The molecule has 5 heteroatoms. The highest BCUT2D eigenvalue weighted by Gasteiger charge is 2.15. The first-order chi connectivity index (χ1) is 10.3. The van der Waals surface area contributed by atoms with E-state index in [4.69, 9.17) is 14.2 Å². The molecule has 1 aromatic carbocycles. The molecule has 1 aliphatic heterocycles. The van der Waals surface area contributed by atoms with Crippen molar-refractivity contribution in [3.8, 4) is 5.75 Å². The lowest BCUT2D eigenvalue weighted by Crippen LogP contribution is -2.18. The van der Waals surface area contributed by atoms with E-state index in [-0.39, 0.29) is 0 Å². The van der Waals surface area contributed by atoms with Gasteiger partial charge in [0.1, 0.15) is 5.75 Å². The SMILES string of the molecule is COCCNCc1cc(OCCC2CCCO2)ccc1Br. The summed E-state index contributed by atoms with van der Waals surface area (Å²) in [6.07, 6.45) is 3.70. The zero-order valence-corrected chi connectivity index (χ0v) is 14.2. The second-order valence-corrected chi connectivity index (χ2v) is 6.05. The molecule has 1 atom stereocenters. The van der Waals surface area contributed by atoms with E-state index in [2.05, 4.69) is 27.3 Å². The van der Waals surface area contributed by atoms with Crippen LogP contribution >= 0.6 is 15.9 Å². The van der Waals surface area contributed by atoms with Crippen LogP contribution in [0.15, 0.2) is 22.7 Å². The summed E-state index contributed by atoms with van der Waals surface area (Å²) in [4.78, 5) is 0. The minimum atomic E-state index is 0.385. The normalized spacial score (nSPS) is 18.1. The average molecular weight is 358 g/mol. The largest absolute Gasteiger partial charge is 0.493 e. The van der Waals surface area contributed by atoms with E-state index >= 15 is 0 Å². The number of ether oxygens (including phenoxy) is 3. The van der Waals surface area contributed by atoms with Gasteiger partial charge in [0.15, 0.2) is 0 Å². The summed E-state index contributed by atoms with van der Waals surface area (Å²) < 4.78 is 17.6. The highest BCUT2D eigenvalue weighted by Crippen LogP contribution is 2.23. The van der Waals surface area contributed by atoms with E-state index in [0.29, 0.717) is 12.7 Å². The van der Waals surface area contributed by atoms with Crippen LogP contribution in [0.1, 0.15) is 24.8 Å². The highest BCUT2D eigenvalue weighted by molar-refractivity contribution is 9.10. The van der Waals surface area contributed by atoms with Gasteiger partial charge in [-0.15, -0.1) is 0 Å². The molecule has 1 N–H and O–H groups in total. The summed E-state index contributed by atoms with van der Waals surface area (Å²) >= 11 is 3.57. The van der Waals surface area contributed by atoms with Gasteiger partial charge in [-0.25, -0.2) is 0 Å². The second kappa shape index (κ2) is 9.41. The highest BCUT2D eigenvalue weighted by atomic mass is 79.9. The number of hydrogen-bond acceptors (Lipinski definition) is 4. The van der Waals surface area contributed by atoms with Crippen molar-refractivity contribution in [2.75, 3.05) is 33.5 Å².